The van der Waals surface area contributed by atoms with Crippen LogP contribution in [0.1, 0.15) is 5.56 Å². The molecule has 2 rings (SSSR count). The summed E-state index contributed by atoms with van der Waals surface area (Å²) in [6.07, 6.45) is -4.45. The van der Waals surface area contributed by atoms with Gasteiger partial charge in [-0.25, -0.2) is 0 Å². The predicted molar refractivity (Wildman–Crippen MR) is 81.7 cm³/mol. The number of aliphatic hydroxyl groups is 1. The SMILES string of the molecule is N[C@@H](CO)C(=O)Nc1ccc(Oc2cccc(C(F)(F)F)c2)cc1. The summed E-state index contributed by atoms with van der Waals surface area (Å²) in [5, 5.41) is 11.3. The molecular formula is C16H15F3N2O3. The molecule has 2 aromatic rings. The van der Waals surface area contributed by atoms with E-state index >= 15 is 0 Å². The average Bonchev–Trinajstić information content (AvgIpc) is 2.55. The first-order chi connectivity index (χ1) is 11.3. The van der Waals surface area contributed by atoms with Crippen molar-refractivity contribution in [3.05, 3.63) is 54.1 Å². The molecule has 0 spiro atoms. The third-order valence-corrected chi connectivity index (χ3v) is 3.05. The third-order valence-electron chi connectivity index (χ3n) is 3.05. The van der Waals surface area contributed by atoms with Gasteiger partial charge in [0.05, 0.1) is 12.2 Å². The molecule has 0 heterocycles. The lowest BCUT2D eigenvalue weighted by molar-refractivity contribution is -0.137. The molecule has 0 aliphatic rings. The monoisotopic (exact) mass is 340 g/mol. The van der Waals surface area contributed by atoms with E-state index in [0.29, 0.717) is 11.4 Å². The van der Waals surface area contributed by atoms with Crippen molar-refractivity contribution < 1.29 is 27.8 Å². The van der Waals surface area contributed by atoms with E-state index in [4.69, 9.17) is 15.6 Å². The second-order valence-electron chi connectivity index (χ2n) is 4.93. The molecule has 1 atom stereocenters. The maximum absolute atomic E-state index is 12.7. The van der Waals surface area contributed by atoms with Gasteiger partial charge < -0.3 is 20.9 Å². The van der Waals surface area contributed by atoms with E-state index < -0.39 is 30.3 Å². The molecule has 0 saturated carbocycles. The lowest BCUT2D eigenvalue weighted by atomic mass is 10.2. The number of benzene rings is 2. The molecule has 0 radical (unpaired) electrons. The standard InChI is InChI=1S/C16H15F3N2O3/c17-16(18,19)10-2-1-3-13(8-10)24-12-6-4-11(5-7-12)21-15(23)14(20)9-22/h1-8,14,22H,9,20H2,(H,21,23)/t14-/m0/s1. The number of carbonyl (C=O) groups is 1. The second kappa shape index (κ2) is 7.33. The van der Waals surface area contributed by atoms with Crippen LogP contribution in [0.15, 0.2) is 48.5 Å². The van der Waals surface area contributed by atoms with Crippen LogP contribution in [0.5, 0.6) is 11.5 Å². The minimum Gasteiger partial charge on any atom is -0.457 e. The predicted octanol–water partition coefficient (Wildman–Crippen LogP) is 2.76. The molecule has 8 heteroatoms. The Morgan fingerprint density at radius 3 is 2.42 bits per heavy atom. The first kappa shape index (κ1) is 17.8. The second-order valence-corrected chi connectivity index (χ2v) is 4.93. The van der Waals surface area contributed by atoms with Crippen molar-refractivity contribution in [1.82, 2.24) is 0 Å². The molecule has 2 aromatic carbocycles. The molecule has 0 fully saturated rings. The average molecular weight is 340 g/mol. The number of ether oxygens (including phenoxy) is 1. The van der Waals surface area contributed by atoms with Crippen LogP contribution < -0.4 is 15.8 Å². The highest BCUT2D eigenvalue weighted by Gasteiger charge is 2.30. The fourth-order valence-electron chi connectivity index (χ4n) is 1.80. The number of aliphatic hydroxyl groups excluding tert-OH is 1. The minimum absolute atomic E-state index is 0.0453. The lowest BCUT2D eigenvalue weighted by Crippen LogP contribution is -2.38. The first-order valence-corrected chi connectivity index (χ1v) is 6.92. The van der Waals surface area contributed by atoms with E-state index in [1.165, 1.54) is 36.4 Å². The largest absolute Gasteiger partial charge is 0.457 e. The Morgan fingerprint density at radius 2 is 1.83 bits per heavy atom. The molecule has 4 N–H and O–H groups in total. The topological polar surface area (TPSA) is 84.6 Å². The third kappa shape index (κ3) is 4.71. The van der Waals surface area contributed by atoms with Crippen LogP contribution in [-0.2, 0) is 11.0 Å². The summed E-state index contributed by atoms with van der Waals surface area (Å²) in [4.78, 5) is 11.5. The number of carbonyl (C=O) groups excluding carboxylic acids is 1. The van der Waals surface area contributed by atoms with Crippen LogP contribution in [0.2, 0.25) is 0 Å². The van der Waals surface area contributed by atoms with Gasteiger partial charge in [0, 0.05) is 5.69 Å². The summed E-state index contributed by atoms with van der Waals surface area (Å²) in [5.41, 5.74) is 4.98. The fourth-order valence-corrected chi connectivity index (χ4v) is 1.80. The molecule has 0 unspecified atom stereocenters. The van der Waals surface area contributed by atoms with Crippen LogP contribution in [0.25, 0.3) is 0 Å². The van der Waals surface area contributed by atoms with Crippen molar-refractivity contribution in [2.75, 3.05) is 11.9 Å². The summed E-state index contributed by atoms with van der Waals surface area (Å²) < 4.78 is 43.3. The van der Waals surface area contributed by atoms with Gasteiger partial charge in [0.1, 0.15) is 17.5 Å². The van der Waals surface area contributed by atoms with Crippen molar-refractivity contribution in [2.24, 2.45) is 5.73 Å². The number of alkyl halides is 3. The Balaban J connectivity index is 2.06. The van der Waals surface area contributed by atoms with Gasteiger partial charge in [-0.05, 0) is 42.5 Å². The maximum atomic E-state index is 12.7. The Kier molecular flexibility index (Phi) is 5.42. The number of hydrogen-bond donors (Lipinski definition) is 3. The van der Waals surface area contributed by atoms with E-state index in [0.717, 1.165) is 12.1 Å². The zero-order valence-electron chi connectivity index (χ0n) is 12.4. The molecule has 0 saturated heterocycles. The van der Waals surface area contributed by atoms with Crippen LogP contribution in [-0.4, -0.2) is 23.7 Å². The Bertz CT molecular complexity index is 702. The zero-order chi connectivity index (χ0) is 17.7. The van der Waals surface area contributed by atoms with Gasteiger partial charge in [0.2, 0.25) is 5.91 Å². The van der Waals surface area contributed by atoms with Crippen LogP contribution in [0.4, 0.5) is 18.9 Å². The van der Waals surface area contributed by atoms with Gasteiger partial charge >= 0.3 is 6.18 Å². The molecule has 128 valence electrons. The van der Waals surface area contributed by atoms with Gasteiger partial charge in [-0.3, -0.25) is 4.79 Å². The Labute approximate surface area is 135 Å². The molecule has 24 heavy (non-hydrogen) atoms. The highest BCUT2D eigenvalue weighted by Crippen LogP contribution is 2.32. The Hall–Kier alpha value is -2.58. The zero-order valence-corrected chi connectivity index (χ0v) is 12.4. The van der Waals surface area contributed by atoms with Crippen molar-refractivity contribution >= 4 is 11.6 Å². The maximum Gasteiger partial charge on any atom is 0.416 e. The minimum atomic E-state index is -4.45. The van der Waals surface area contributed by atoms with E-state index in [1.54, 1.807) is 0 Å². The molecule has 0 bridgehead atoms. The van der Waals surface area contributed by atoms with Crippen LogP contribution in [0, 0.1) is 0 Å². The molecule has 5 nitrogen and oxygen atoms in total. The summed E-state index contributed by atoms with van der Waals surface area (Å²) in [7, 11) is 0. The number of halogens is 3. The number of rotatable bonds is 5. The summed E-state index contributed by atoms with van der Waals surface area (Å²) in [6, 6.07) is 9.46. The fraction of sp³-hybridized carbons (Fsp3) is 0.188. The van der Waals surface area contributed by atoms with Crippen molar-refractivity contribution in [3.8, 4) is 11.5 Å². The Morgan fingerprint density at radius 1 is 1.17 bits per heavy atom. The van der Waals surface area contributed by atoms with Crippen molar-refractivity contribution in [2.45, 2.75) is 12.2 Å². The number of nitrogens with one attached hydrogen (secondary N) is 1. The highest BCUT2D eigenvalue weighted by molar-refractivity contribution is 5.94. The summed E-state index contributed by atoms with van der Waals surface area (Å²) in [5.74, 6) is -0.202. The van der Waals surface area contributed by atoms with Gasteiger partial charge in [-0.2, -0.15) is 13.2 Å². The normalized spacial score (nSPS) is 12.5. The van der Waals surface area contributed by atoms with Gasteiger partial charge in [0.15, 0.2) is 0 Å². The number of amides is 1. The van der Waals surface area contributed by atoms with E-state index in [1.807, 2.05) is 0 Å². The van der Waals surface area contributed by atoms with E-state index in [2.05, 4.69) is 5.32 Å². The highest BCUT2D eigenvalue weighted by atomic mass is 19.4. The summed E-state index contributed by atoms with van der Waals surface area (Å²) in [6.45, 7) is -0.484. The molecule has 0 aliphatic carbocycles. The number of hydrogen-bond acceptors (Lipinski definition) is 4. The van der Waals surface area contributed by atoms with Gasteiger partial charge in [-0.15, -0.1) is 0 Å². The van der Waals surface area contributed by atoms with Crippen LogP contribution >= 0.6 is 0 Å². The van der Waals surface area contributed by atoms with Gasteiger partial charge in [0.25, 0.3) is 0 Å². The van der Waals surface area contributed by atoms with Crippen LogP contribution in [0.3, 0.4) is 0 Å². The van der Waals surface area contributed by atoms with Crippen molar-refractivity contribution in [1.29, 1.82) is 0 Å². The first-order valence-electron chi connectivity index (χ1n) is 6.92. The molecular weight excluding hydrogens is 325 g/mol. The lowest BCUT2D eigenvalue weighted by Gasteiger charge is -2.11. The number of nitrogens with two attached hydrogens (primary N) is 1. The van der Waals surface area contributed by atoms with Crippen molar-refractivity contribution in [3.63, 3.8) is 0 Å². The van der Waals surface area contributed by atoms with E-state index in [9.17, 15) is 18.0 Å². The number of anilines is 1. The molecule has 0 aliphatic heterocycles. The smallest absolute Gasteiger partial charge is 0.416 e. The quantitative estimate of drug-likeness (QED) is 0.781. The molecule has 1 amide bonds. The molecule has 0 aromatic heterocycles. The van der Waals surface area contributed by atoms with E-state index in [-0.39, 0.29) is 5.75 Å². The summed E-state index contributed by atoms with van der Waals surface area (Å²) >= 11 is 0. The van der Waals surface area contributed by atoms with Gasteiger partial charge in [-0.1, -0.05) is 6.07 Å².